The molecule has 0 amide bonds. The van der Waals surface area contributed by atoms with Crippen LogP contribution in [-0.4, -0.2) is 12.0 Å². The van der Waals surface area contributed by atoms with Crippen LogP contribution in [0.4, 0.5) is 0 Å². The summed E-state index contributed by atoms with van der Waals surface area (Å²) < 4.78 is 5.74. The molecule has 0 N–H and O–H groups in total. The quantitative estimate of drug-likeness (QED) is 0.526. The zero-order valence-electron chi connectivity index (χ0n) is 9.50. The first-order chi connectivity index (χ1) is 7.24. The molecule has 1 rings (SSSR count). The van der Waals surface area contributed by atoms with Crippen LogP contribution in [0.15, 0.2) is 24.3 Å². The lowest BCUT2D eigenvalue weighted by Crippen LogP contribution is -2.07. The van der Waals surface area contributed by atoms with Crippen LogP contribution in [0.1, 0.15) is 32.3 Å². The first kappa shape index (κ1) is 12.4. The highest BCUT2D eigenvalue weighted by molar-refractivity contribution is 6.17. The first-order valence-electron chi connectivity index (χ1n) is 5.54. The highest BCUT2D eigenvalue weighted by Crippen LogP contribution is 2.21. The predicted molar refractivity (Wildman–Crippen MR) is 65.9 cm³/mol. The molecule has 0 aromatic heterocycles. The van der Waals surface area contributed by atoms with E-state index >= 15 is 0 Å². The van der Waals surface area contributed by atoms with Gasteiger partial charge in [0.25, 0.3) is 0 Å². The summed E-state index contributed by atoms with van der Waals surface area (Å²) >= 11 is 5.66. The summed E-state index contributed by atoms with van der Waals surface area (Å²) in [4.78, 5) is 0. The maximum absolute atomic E-state index is 5.74. The minimum atomic E-state index is 0.235. The van der Waals surface area contributed by atoms with Crippen molar-refractivity contribution in [2.24, 2.45) is 0 Å². The highest BCUT2D eigenvalue weighted by Gasteiger charge is 2.04. The smallest absolute Gasteiger partial charge is 0.122 e. The number of alkyl halides is 1. The molecule has 1 aromatic carbocycles. The van der Waals surface area contributed by atoms with Gasteiger partial charge in [-0.2, -0.15) is 0 Å². The van der Waals surface area contributed by atoms with Crippen LogP contribution in [0.25, 0.3) is 0 Å². The fraction of sp³-hybridized carbons (Fsp3) is 0.538. The van der Waals surface area contributed by atoms with Crippen molar-refractivity contribution in [1.82, 2.24) is 0 Å². The molecule has 0 saturated carbocycles. The SMILES string of the molecule is CC(C)Oc1ccccc1CCCCCl. The molecule has 0 bridgehead atoms. The van der Waals surface area contributed by atoms with Gasteiger partial charge in [-0.3, -0.25) is 0 Å². The van der Waals surface area contributed by atoms with Crippen molar-refractivity contribution in [3.63, 3.8) is 0 Å². The molecule has 1 nitrogen and oxygen atoms in total. The number of benzene rings is 1. The number of unbranched alkanes of at least 4 members (excludes halogenated alkanes) is 1. The van der Waals surface area contributed by atoms with E-state index in [4.69, 9.17) is 16.3 Å². The van der Waals surface area contributed by atoms with Crippen molar-refractivity contribution in [3.8, 4) is 5.75 Å². The van der Waals surface area contributed by atoms with Crippen molar-refractivity contribution < 1.29 is 4.74 Å². The lowest BCUT2D eigenvalue weighted by atomic mass is 10.1. The van der Waals surface area contributed by atoms with Gasteiger partial charge in [-0.05, 0) is 44.7 Å². The van der Waals surface area contributed by atoms with Gasteiger partial charge < -0.3 is 4.74 Å². The number of ether oxygens (including phenoxy) is 1. The van der Waals surface area contributed by atoms with E-state index in [9.17, 15) is 0 Å². The van der Waals surface area contributed by atoms with Gasteiger partial charge in [0, 0.05) is 5.88 Å². The van der Waals surface area contributed by atoms with E-state index in [1.165, 1.54) is 5.56 Å². The van der Waals surface area contributed by atoms with E-state index in [1.807, 2.05) is 12.1 Å². The molecular formula is C13H19ClO. The second-order valence-corrected chi connectivity index (χ2v) is 4.30. The van der Waals surface area contributed by atoms with E-state index in [0.717, 1.165) is 30.9 Å². The van der Waals surface area contributed by atoms with Crippen molar-refractivity contribution in [1.29, 1.82) is 0 Å². The van der Waals surface area contributed by atoms with Crippen LogP contribution >= 0.6 is 11.6 Å². The number of hydrogen-bond acceptors (Lipinski definition) is 1. The third-order valence-corrected chi connectivity index (χ3v) is 2.43. The molecule has 0 heterocycles. The number of para-hydroxylation sites is 1. The van der Waals surface area contributed by atoms with Gasteiger partial charge in [-0.15, -0.1) is 11.6 Å². The normalized spacial score (nSPS) is 10.7. The summed E-state index contributed by atoms with van der Waals surface area (Å²) in [7, 11) is 0. The largest absolute Gasteiger partial charge is 0.491 e. The van der Waals surface area contributed by atoms with Crippen molar-refractivity contribution in [2.75, 3.05) is 5.88 Å². The van der Waals surface area contributed by atoms with Gasteiger partial charge in [0.2, 0.25) is 0 Å². The standard InChI is InChI=1S/C13H19ClO/c1-11(2)15-13-9-4-3-7-12(13)8-5-6-10-14/h3-4,7,9,11H,5-6,8,10H2,1-2H3. The summed E-state index contributed by atoms with van der Waals surface area (Å²) in [6.07, 6.45) is 3.48. The third kappa shape index (κ3) is 4.57. The third-order valence-electron chi connectivity index (χ3n) is 2.17. The highest BCUT2D eigenvalue weighted by atomic mass is 35.5. The molecule has 0 aliphatic carbocycles. The average molecular weight is 227 g/mol. The van der Waals surface area contributed by atoms with Crippen LogP contribution in [0.2, 0.25) is 0 Å². The number of aryl methyl sites for hydroxylation is 1. The Morgan fingerprint density at radius 2 is 1.93 bits per heavy atom. The fourth-order valence-corrected chi connectivity index (χ4v) is 1.68. The maximum atomic E-state index is 5.74. The number of rotatable bonds is 6. The van der Waals surface area contributed by atoms with Crippen molar-refractivity contribution in [2.45, 2.75) is 39.2 Å². The fourth-order valence-electron chi connectivity index (χ4n) is 1.49. The van der Waals surface area contributed by atoms with Crippen molar-refractivity contribution >= 4 is 11.6 Å². The topological polar surface area (TPSA) is 9.23 Å². The monoisotopic (exact) mass is 226 g/mol. The van der Waals surface area contributed by atoms with Gasteiger partial charge in [0.05, 0.1) is 6.10 Å². The Kier molecular flexibility index (Phi) is 5.56. The average Bonchev–Trinajstić information content (AvgIpc) is 2.20. The van der Waals surface area contributed by atoms with Crippen LogP contribution in [0.3, 0.4) is 0 Å². The molecule has 0 unspecified atom stereocenters. The molecule has 15 heavy (non-hydrogen) atoms. The Hall–Kier alpha value is -0.690. The van der Waals surface area contributed by atoms with Crippen molar-refractivity contribution in [3.05, 3.63) is 29.8 Å². The molecule has 0 aliphatic rings. The van der Waals surface area contributed by atoms with Crippen LogP contribution < -0.4 is 4.74 Å². The Labute approximate surface area is 97.4 Å². The summed E-state index contributed by atoms with van der Waals surface area (Å²) in [6.45, 7) is 4.10. The summed E-state index contributed by atoms with van der Waals surface area (Å²) in [6, 6.07) is 8.24. The molecule has 1 aromatic rings. The summed E-state index contributed by atoms with van der Waals surface area (Å²) in [5, 5.41) is 0. The Morgan fingerprint density at radius 3 is 2.60 bits per heavy atom. The van der Waals surface area contributed by atoms with Crippen LogP contribution in [0.5, 0.6) is 5.75 Å². The first-order valence-corrected chi connectivity index (χ1v) is 6.08. The maximum Gasteiger partial charge on any atom is 0.122 e. The summed E-state index contributed by atoms with van der Waals surface area (Å²) in [5.74, 6) is 1.76. The molecule has 2 heteroatoms. The molecule has 0 spiro atoms. The van der Waals surface area contributed by atoms with E-state index in [0.29, 0.717) is 0 Å². The van der Waals surface area contributed by atoms with Gasteiger partial charge in [0.1, 0.15) is 5.75 Å². The van der Waals surface area contributed by atoms with E-state index in [-0.39, 0.29) is 6.10 Å². The summed E-state index contributed by atoms with van der Waals surface area (Å²) in [5.41, 5.74) is 1.29. The molecule has 0 radical (unpaired) electrons. The van der Waals surface area contributed by atoms with Gasteiger partial charge in [0.15, 0.2) is 0 Å². The van der Waals surface area contributed by atoms with Gasteiger partial charge in [-0.25, -0.2) is 0 Å². The Balaban J connectivity index is 2.60. The zero-order chi connectivity index (χ0) is 11.1. The second-order valence-electron chi connectivity index (χ2n) is 3.92. The molecule has 0 fully saturated rings. The molecule has 84 valence electrons. The minimum absolute atomic E-state index is 0.235. The Morgan fingerprint density at radius 1 is 1.20 bits per heavy atom. The lowest BCUT2D eigenvalue weighted by molar-refractivity contribution is 0.240. The molecule has 0 saturated heterocycles. The van der Waals surface area contributed by atoms with E-state index in [1.54, 1.807) is 0 Å². The van der Waals surface area contributed by atoms with Crippen LogP contribution in [0, 0.1) is 0 Å². The lowest BCUT2D eigenvalue weighted by Gasteiger charge is -2.13. The second kappa shape index (κ2) is 6.73. The Bertz CT molecular complexity index is 284. The molecule has 0 aliphatic heterocycles. The van der Waals surface area contributed by atoms with E-state index < -0.39 is 0 Å². The van der Waals surface area contributed by atoms with Crippen LogP contribution in [-0.2, 0) is 6.42 Å². The number of hydrogen-bond donors (Lipinski definition) is 0. The molecule has 0 atom stereocenters. The van der Waals surface area contributed by atoms with E-state index in [2.05, 4.69) is 26.0 Å². The zero-order valence-corrected chi connectivity index (χ0v) is 10.3. The van der Waals surface area contributed by atoms with Gasteiger partial charge in [-0.1, -0.05) is 18.2 Å². The predicted octanol–water partition coefficient (Wildman–Crippen LogP) is 4.04. The van der Waals surface area contributed by atoms with Gasteiger partial charge >= 0.3 is 0 Å². The number of halogens is 1. The minimum Gasteiger partial charge on any atom is -0.491 e. The molecular weight excluding hydrogens is 208 g/mol.